The van der Waals surface area contributed by atoms with Crippen LogP contribution in [0.5, 0.6) is 0 Å². The van der Waals surface area contributed by atoms with Crippen molar-refractivity contribution >= 4 is 44.8 Å². The van der Waals surface area contributed by atoms with Gasteiger partial charge in [0.25, 0.3) is 0 Å². The summed E-state index contributed by atoms with van der Waals surface area (Å²) in [5, 5.41) is 5.99. The Bertz CT molecular complexity index is 1270. The number of aromatic nitrogens is 2. The number of anilines is 3. The van der Waals surface area contributed by atoms with Crippen molar-refractivity contribution in [2.24, 2.45) is 0 Å². The normalized spacial score (nSPS) is 11.5. The van der Waals surface area contributed by atoms with E-state index in [2.05, 4.69) is 27.5 Å². The van der Waals surface area contributed by atoms with Crippen molar-refractivity contribution in [3.05, 3.63) is 65.3 Å². The molecule has 0 atom stereocenters. The molecule has 4 N–H and O–H groups in total. The molecular formula is C22H18F3N5OS. The Kier molecular flexibility index (Phi) is 5.70. The molecule has 0 saturated heterocycles. The maximum Gasteiger partial charge on any atom is 0.416 e. The first-order valence-electron chi connectivity index (χ1n) is 9.64. The summed E-state index contributed by atoms with van der Waals surface area (Å²) in [7, 11) is 0. The van der Waals surface area contributed by atoms with E-state index in [1.165, 1.54) is 18.5 Å². The molecule has 0 fully saturated rings. The molecule has 6 nitrogen and oxygen atoms in total. The Morgan fingerprint density at radius 3 is 2.16 bits per heavy atom. The molecule has 2 heterocycles. The number of hydrogen-bond acceptors (Lipinski definition) is 5. The van der Waals surface area contributed by atoms with E-state index in [0.29, 0.717) is 11.5 Å². The van der Waals surface area contributed by atoms with Crippen molar-refractivity contribution in [3.8, 4) is 11.1 Å². The van der Waals surface area contributed by atoms with Crippen LogP contribution < -0.4 is 16.4 Å². The highest BCUT2D eigenvalue weighted by molar-refractivity contribution is 7.19. The number of thiophene rings is 1. The van der Waals surface area contributed by atoms with E-state index < -0.39 is 17.8 Å². The van der Waals surface area contributed by atoms with Gasteiger partial charge in [0, 0.05) is 21.8 Å². The van der Waals surface area contributed by atoms with Crippen molar-refractivity contribution in [2.75, 3.05) is 16.4 Å². The van der Waals surface area contributed by atoms with Crippen LogP contribution in [0.3, 0.4) is 0 Å². The molecule has 4 rings (SSSR count). The number of amides is 2. The summed E-state index contributed by atoms with van der Waals surface area (Å²) in [6.07, 6.45) is -2.17. The van der Waals surface area contributed by atoms with E-state index in [0.717, 1.165) is 44.8 Å². The minimum atomic E-state index is -4.43. The number of nitrogen functional groups attached to an aromatic ring is 1. The predicted octanol–water partition coefficient (Wildman–Crippen LogP) is 6.17. The van der Waals surface area contributed by atoms with Crippen LogP contribution >= 0.6 is 11.3 Å². The van der Waals surface area contributed by atoms with Crippen molar-refractivity contribution in [3.63, 3.8) is 0 Å². The third kappa shape index (κ3) is 4.35. The number of nitrogens with one attached hydrogen (secondary N) is 2. The van der Waals surface area contributed by atoms with Crippen molar-refractivity contribution < 1.29 is 18.0 Å². The SMILES string of the molecule is CCc1sc2ncnc(N)c2c1-c1ccc(NC(=O)Nc2ccc(C(F)(F)F)cc2)cc1. The third-order valence-corrected chi connectivity index (χ3v) is 6.06. The first-order chi connectivity index (χ1) is 15.3. The van der Waals surface area contributed by atoms with Gasteiger partial charge < -0.3 is 16.4 Å². The van der Waals surface area contributed by atoms with Crippen LogP contribution in [-0.4, -0.2) is 16.0 Å². The molecule has 0 aliphatic heterocycles. The summed E-state index contributed by atoms with van der Waals surface area (Å²) in [6.45, 7) is 2.05. The van der Waals surface area contributed by atoms with Gasteiger partial charge in [-0.25, -0.2) is 14.8 Å². The second-order valence-corrected chi connectivity index (χ2v) is 8.01. The number of nitrogens with zero attached hydrogens (tertiary/aromatic N) is 2. The lowest BCUT2D eigenvalue weighted by atomic mass is 10.0. The minimum Gasteiger partial charge on any atom is -0.383 e. The molecular weight excluding hydrogens is 439 g/mol. The molecule has 0 saturated carbocycles. The molecule has 0 spiro atoms. The molecule has 0 aliphatic rings. The van der Waals surface area contributed by atoms with Gasteiger partial charge in [-0.1, -0.05) is 19.1 Å². The minimum absolute atomic E-state index is 0.250. The number of alkyl halides is 3. The maximum atomic E-state index is 12.6. The van der Waals surface area contributed by atoms with Gasteiger partial charge in [0.2, 0.25) is 0 Å². The van der Waals surface area contributed by atoms with Crippen LogP contribution in [0.1, 0.15) is 17.4 Å². The average Bonchev–Trinajstić information content (AvgIpc) is 3.14. The molecule has 2 aromatic heterocycles. The van der Waals surface area contributed by atoms with E-state index in [1.807, 2.05) is 12.1 Å². The summed E-state index contributed by atoms with van der Waals surface area (Å²) >= 11 is 1.57. The highest BCUT2D eigenvalue weighted by Crippen LogP contribution is 2.40. The van der Waals surface area contributed by atoms with E-state index >= 15 is 0 Å². The number of carbonyl (C=O) groups is 1. The van der Waals surface area contributed by atoms with Gasteiger partial charge in [-0.05, 0) is 48.4 Å². The number of fused-ring (bicyclic) bond motifs is 1. The maximum absolute atomic E-state index is 12.6. The van der Waals surface area contributed by atoms with Gasteiger partial charge in [-0.3, -0.25) is 0 Å². The predicted molar refractivity (Wildman–Crippen MR) is 121 cm³/mol. The lowest BCUT2D eigenvalue weighted by Crippen LogP contribution is -2.19. The second kappa shape index (κ2) is 8.46. The Labute approximate surface area is 185 Å². The van der Waals surface area contributed by atoms with Gasteiger partial charge in [-0.15, -0.1) is 11.3 Å². The van der Waals surface area contributed by atoms with Gasteiger partial charge in [0.05, 0.1) is 10.9 Å². The summed E-state index contributed by atoms with van der Waals surface area (Å²) in [4.78, 5) is 22.6. The molecule has 2 amide bonds. The zero-order valence-electron chi connectivity index (χ0n) is 16.8. The Morgan fingerprint density at radius 1 is 1.00 bits per heavy atom. The Morgan fingerprint density at radius 2 is 1.59 bits per heavy atom. The van der Waals surface area contributed by atoms with Gasteiger partial charge in [0.15, 0.2) is 0 Å². The van der Waals surface area contributed by atoms with Gasteiger partial charge in [0.1, 0.15) is 17.0 Å². The van der Waals surface area contributed by atoms with Crippen molar-refractivity contribution in [1.29, 1.82) is 0 Å². The molecule has 164 valence electrons. The lowest BCUT2D eigenvalue weighted by molar-refractivity contribution is -0.137. The molecule has 32 heavy (non-hydrogen) atoms. The van der Waals surface area contributed by atoms with E-state index in [-0.39, 0.29) is 5.69 Å². The van der Waals surface area contributed by atoms with E-state index in [9.17, 15) is 18.0 Å². The standard InChI is InChI=1S/C22H18F3N5OS/c1-2-16-17(18-19(26)27-11-28-20(18)32-16)12-3-7-14(8-4-12)29-21(31)30-15-9-5-13(6-10-15)22(23,24)25/h3-11H,2H2,1H3,(H2,26,27,28)(H2,29,30,31). The van der Waals surface area contributed by atoms with Crippen LogP contribution in [0.25, 0.3) is 21.3 Å². The summed E-state index contributed by atoms with van der Waals surface area (Å²) in [6, 6.07) is 10.9. The van der Waals surface area contributed by atoms with Crippen LogP contribution in [0, 0.1) is 0 Å². The van der Waals surface area contributed by atoms with Crippen LogP contribution in [0.2, 0.25) is 0 Å². The highest BCUT2D eigenvalue weighted by Gasteiger charge is 2.30. The monoisotopic (exact) mass is 457 g/mol. The number of urea groups is 1. The summed E-state index contributed by atoms with van der Waals surface area (Å²) in [5.41, 5.74) is 7.99. The molecule has 2 aromatic carbocycles. The van der Waals surface area contributed by atoms with Crippen LogP contribution in [0.15, 0.2) is 54.9 Å². The topological polar surface area (TPSA) is 92.9 Å². The number of aryl methyl sites for hydroxylation is 1. The number of benzene rings is 2. The third-order valence-electron chi connectivity index (χ3n) is 4.81. The van der Waals surface area contributed by atoms with E-state index in [4.69, 9.17) is 5.73 Å². The summed E-state index contributed by atoms with van der Waals surface area (Å²) in [5.74, 6) is 0.416. The smallest absolute Gasteiger partial charge is 0.383 e. The fraction of sp³-hybridized carbons (Fsp3) is 0.136. The largest absolute Gasteiger partial charge is 0.416 e. The number of rotatable bonds is 4. The van der Waals surface area contributed by atoms with Crippen LogP contribution in [-0.2, 0) is 12.6 Å². The lowest BCUT2D eigenvalue weighted by Gasteiger charge is -2.11. The molecule has 0 unspecified atom stereocenters. The Balaban J connectivity index is 1.50. The van der Waals surface area contributed by atoms with Gasteiger partial charge in [-0.2, -0.15) is 13.2 Å². The zero-order chi connectivity index (χ0) is 22.9. The average molecular weight is 457 g/mol. The highest BCUT2D eigenvalue weighted by atomic mass is 32.1. The second-order valence-electron chi connectivity index (χ2n) is 6.92. The molecule has 0 aliphatic carbocycles. The fourth-order valence-electron chi connectivity index (χ4n) is 3.31. The number of halogens is 3. The molecule has 4 aromatic rings. The molecule has 0 radical (unpaired) electrons. The first kappa shape index (κ1) is 21.6. The van der Waals surface area contributed by atoms with Crippen molar-refractivity contribution in [2.45, 2.75) is 19.5 Å². The van der Waals surface area contributed by atoms with E-state index in [1.54, 1.807) is 23.5 Å². The van der Waals surface area contributed by atoms with Gasteiger partial charge >= 0.3 is 12.2 Å². The molecule has 10 heteroatoms. The first-order valence-corrected chi connectivity index (χ1v) is 10.5. The van der Waals surface area contributed by atoms with Crippen molar-refractivity contribution in [1.82, 2.24) is 9.97 Å². The quantitative estimate of drug-likeness (QED) is 0.342. The molecule has 0 bridgehead atoms. The Hall–Kier alpha value is -3.66. The number of hydrogen-bond donors (Lipinski definition) is 3. The zero-order valence-corrected chi connectivity index (χ0v) is 17.6. The number of nitrogens with two attached hydrogens (primary N) is 1. The van der Waals surface area contributed by atoms with Crippen LogP contribution in [0.4, 0.5) is 35.2 Å². The fourth-order valence-corrected chi connectivity index (χ4v) is 4.42. The summed E-state index contributed by atoms with van der Waals surface area (Å²) < 4.78 is 37.9. The number of carbonyl (C=O) groups excluding carboxylic acids is 1.